The fourth-order valence-corrected chi connectivity index (χ4v) is 1.95. The first-order valence-corrected chi connectivity index (χ1v) is 5.65. The summed E-state index contributed by atoms with van der Waals surface area (Å²) in [6.07, 6.45) is 0. The number of H-pyrrole nitrogens is 1. The average Bonchev–Trinajstić information content (AvgIpc) is 2.25. The fourth-order valence-electron chi connectivity index (χ4n) is 1.95. The molecule has 0 aliphatic carbocycles. The van der Waals surface area contributed by atoms with Gasteiger partial charge < -0.3 is 4.98 Å². The molecule has 0 saturated heterocycles. The minimum Gasteiger partial charge on any atom is -0.306 e. The van der Waals surface area contributed by atoms with Crippen LogP contribution in [0.15, 0.2) is 23.0 Å². The summed E-state index contributed by atoms with van der Waals surface area (Å²) in [5.74, 6) is 0.661. The van der Waals surface area contributed by atoms with Crippen LogP contribution in [-0.2, 0) is 0 Å². The van der Waals surface area contributed by atoms with Gasteiger partial charge in [-0.05, 0) is 38.8 Å². The maximum Gasteiger partial charge on any atom is 0.254 e. The number of hydrogen-bond donors (Lipinski definition) is 1. The molecule has 0 fully saturated rings. The normalized spacial score (nSPS) is 10.6. The number of aromatic amines is 1. The van der Waals surface area contributed by atoms with Crippen LogP contribution >= 0.6 is 0 Å². The van der Waals surface area contributed by atoms with Gasteiger partial charge >= 0.3 is 0 Å². The zero-order valence-corrected chi connectivity index (χ0v) is 10.6. The van der Waals surface area contributed by atoms with Crippen molar-refractivity contribution >= 4 is 0 Å². The molecule has 17 heavy (non-hydrogen) atoms. The Kier molecular flexibility index (Phi) is 2.84. The van der Waals surface area contributed by atoms with Gasteiger partial charge in [0.2, 0.25) is 0 Å². The Morgan fingerprint density at radius 3 is 2.18 bits per heavy atom. The summed E-state index contributed by atoms with van der Waals surface area (Å²) in [4.78, 5) is 19.1. The van der Waals surface area contributed by atoms with Crippen molar-refractivity contribution in [1.29, 1.82) is 0 Å². The maximum atomic E-state index is 11.8. The number of rotatable bonds is 1. The standard InChI is InChI=1S/C14H16N2O/c1-8-6-5-7-9(2)12(8)13-15-11(4)10(3)14(17)16-13/h5-7H,1-4H3,(H,15,16,17). The first kappa shape index (κ1) is 11.6. The van der Waals surface area contributed by atoms with Gasteiger partial charge in [-0.1, -0.05) is 18.2 Å². The van der Waals surface area contributed by atoms with Gasteiger partial charge in [0.05, 0.1) is 0 Å². The second kappa shape index (κ2) is 4.17. The molecule has 0 radical (unpaired) electrons. The maximum absolute atomic E-state index is 11.8. The molecule has 88 valence electrons. The predicted molar refractivity (Wildman–Crippen MR) is 69.2 cm³/mol. The molecular weight excluding hydrogens is 212 g/mol. The fraction of sp³-hybridized carbons (Fsp3) is 0.286. The van der Waals surface area contributed by atoms with E-state index in [0.717, 1.165) is 22.4 Å². The van der Waals surface area contributed by atoms with Crippen molar-refractivity contribution in [2.24, 2.45) is 0 Å². The van der Waals surface area contributed by atoms with E-state index in [0.29, 0.717) is 11.4 Å². The number of benzene rings is 1. The van der Waals surface area contributed by atoms with Crippen molar-refractivity contribution in [3.63, 3.8) is 0 Å². The Balaban J connectivity index is 2.74. The van der Waals surface area contributed by atoms with Crippen molar-refractivity contribution < 1.29 is 0 Å². The highest BCUT2D eigenvalue weighted by Crippen LogP contribution is 2.23. The lowest BCUT2D eigenvalue weighted by molar-refractivity contribution is 1.03. The Hall–Kier alpha value is -1.90. The van der Waals surface area contributed by atoms with Gasteiger partial charge in [0.25, 0.3) is 5.56 Å². The van der Waals surface area contributed by atoms with Gasteiger partial charge in [-0.25, -0.2) is 4.98 Å². The van der Waals surface area contributed by atoms with E-state index in [9.17, 15) is 4.79 Å². The van der Waals surface area contributed by atoms with Crippen LogP contribution in [0.4, 0.5) is 0 Å². The molecule has 1 heterocycles. The van der Waals surface area contributed by atoms with Crippen molar-refractivity contribution in [1.82, 2.24) is 9.97 Å². The Morgan fingerprint density at radius 1 is 1.06 bits per heavy atom. The minimum absolute atomic E-state index is 0.0600. The first-order valence-electron chi connectivity index (χ1n) is 5.65. The minimum atomic E-state index is -0.0600. The van der Waals surface area contributed by atoms with Crippen LogP contribution in [0.25, 0.3) is 11.4 Å². The van der Waals surface area contributed by atoms with Crippen LogP contribution in [0.3, 0.4) is 0 Å². The monoisotopic (exact) mass is 228 g/mol. The molecule has 0 unspecified atom stereocenters. The van der Waals surface area contributed by atoms with Gasteiger partial charge in [-0.2, -0.15) is 0 Å². The summed E-state index contributed by atoms with van der Waals surface area (Å²) < 4.78 is 0. The number of nitrogens with zero attached hydrogens (tertiary/aromatic N) is 1. The molecule has 2 rings (SSSR count). The van der Waals surface area contributed by atoms with Gasteiger partial charge in [0.15, 0.2) is 0 Å². The van der Waals surface area contributed by atoms with E-state index in [2.05, 4.69) is 9.97 Å². The Morgan fingerprint density at radius 2 is 1.65 bits per heavy atom. The van der Waals surface area contributed by atoms with Crippen LogP contribution in [0, 0.1) is 27.7 Å². The molecule has 2 aromatic rings. The highest BCUT2D eigenvalue weighted by atomic mass is 16.1. The van der Waals surface area contributed by atoms with Crippen LogP contribution in [0.1, 0.15) is 22.4 Å². The smallest absolute Gasteiger partial charge is 0.254 e. The Labute approximate surface area is 101 Å². The van der Waals surface area contributed by atoms with E-state index >= 15 is 0 Å². The third kappa shape index (κ3) is 2.00. The van der Waals surface area contributed by atoms with E-state index < -0.39 is 0 Å². The molecule has 1 aromatic heterocycles. The van der Waals surface area contributed by atoms with E-state index in [-0.39, 0.29) is 5.56 Å². The summed E-state index contributed by atoms with van der Waals surface area (Å²) in [5, 5.41) is 0. The highest BCUT2D eigenvalue weighted by molar-refractivity contribution is 5.64. The SMILES string of the molecule is Cc1cccc(C)c1-c1nc(C)c(C)c(=O)[nH]1. The third-order valence-electron chi connectivity index (χ3n) is 3.11. The zero-order valence-electron chi connectivity index (χ0n) is 10.6. The molecule has 1 aromatic carbocycles. The first-order chi connectivity index (χ1) is 8.00. The molecule has 0 spiro atoms. The quantitative estimate of drug-likeness (QED) is 0.815. The molecule has 0 saturated carbocycles. The number of aromatic nitrogens is 2. The molecule has 1 N–H and O–H groups in total. The largest absolute Gasteiger partial charge is 0.306 e. The second-order valence-electron chi connectivity index (χ2n) is 4.39. The van der Waals surface area contributed by atoms with Crippen molar-refractivity contribution in [3.8, 4) is 11.4 Å². The molecule has 0 atom stereocenters. The molecule has 0 bridgehead atoms. The summed E-state index contributed by atoms with van der Waals surface area (Å²) in [6, 6.07) is 6.06. The van der Waals surface area contributed by atoms with Crippen molar-refractivity contribution in [2.45, 2.75) is 27.7 Å². The van der Waals surface area contributed by atoms with Crippen molar-refractivity contribution in [2.75, 3.05) is 0 Å². The molecule has 0 amide bonds. The lowest BCUT2D eigenvalue weighted by atomic mass is 10.0. The predicted octanol–water partition coefficient (Wildman–Crippen LogP) is 2.67. The lowest BCUT2D eigenvalue weighted by Gasteiger charge is -2.10. The summed E-state index contributed by atoms with van der Waals surface area (Å²) in [6.45, 7) is 7.70. The van der Waals surface area contributed by atoms with E-state index in [1.807, 2.05) is 39.0 Å². The van der Waals surface area contributed by atoms with Gasteiger partial charge in [-0.3, -0.25) is 4.79 Å². The van der Waals surface area contributed by atoms with Gasteiger partial charge in [-0.15, -0.1) is 0 Å². The average molecular weight is 228 g/mol. The summed E-state index contributed by atoms with van der Waals surface area (Å²) in [5.41, 5.74) is 4.67. The number of aryl methyl sites for hydroxylation is 3. The van der Waals surface area contributed by atoms with E-state index in [1.54, 1.807) is 6.92 Å². The second-order valence-corrected chi connectivity index (χ2v) is 4.39. The van der Waals surface area contributed by atoms with E-state index in [1.165, 1.54) is 0 Å². The molecule has 0 aliphatic heterocycles. The Bertz CT molecular complexity index is 606. The molecule has 0 aliphatic rings. The van der Waals surface area contributed by atoms with Crippen LogP contribution < -0.4 is 5.56 Å². The molecule has 3 nitrogen and oxygen atoms in total. The van der Waals surface area contributed by atoms with E-state index in [4.69, 9.17) is 0 Å². The lowest BCUT2D eigenvalue weighted by Crippen LogP contribution is -2.14. The third-order valence-corrected chi connectivity index (χ3v) is 3.11. The van der Waals surface area contributed by atoms with Crippen LogP contribution in [-0.4, -0.2) is 9.97 Å². The number of hydrogen-bond acceptors (Lipinski definition) is 2. The molecule has 3 heteroatoms. The van der Waals surface area contributed by atoms with Gasteiger partial charge in [0, 0.05) is 16.8 Å². The van der Waals surface area contributed by atoms with Crippen molar-refractivity contribution in [3.05, 3.63) is 50.9 Å². The van der Waals surface area contributed by atoms with Crippen LogP contribution in [0.5, 0.6) is 0 Å². The van der Waals surface area contributed by atoms with Crippen LogP contribution in [0.2, 0.25) is 0 Å². The summed E-state index contributed by atoms with van der Waals surface area (Å²) in [7, 11) is 0. The van der Waals surface area contributed by atoms with Gasteiger partial charge in [0.1, 0.15) is 5.82 Å². The highest BCUT2D eigenvalue weighted by Gasteiger charge is 2.10. The molecular formula is C14H16N2O. The summed E-state index contributed by atoms with van der Waals surface area (Å²) >= 11 is 0. The topological polar surface area (TPSA) is 45.8 Å². The zero-order chi connectivity index (χ0) is 12.6. The number of nitrogens with one attached hydrogen (secondary N) is 1.